The first kappa shape index (κ1) is 15.9. The molecule has 0 fully saturated rings. The van der Waals surface area contributed by atoms with Crippen molar-refractivity contribution in [2.45, 2.75) is 24.3 Å². The molecule has 0 aliphatic carbocycles. The predicted molar refractivity (Wildman–Crippen MR) is 89.7 cm³/mol. The van der Waals surface area contributed by atoms with Crippen molar-refractivity contribution < 1.29 is 4.74 Å². The number of rotatable bonds is 7. The summed E-state index contributed by atoms with van der Waals surface area (Å²) in [6.45, 7) is 2.13. The zero-order valence-electron chi connectivity index (χ0n) is 12.5. The van der Waals surface area contributed by atoms with Crippen LogP contribution in [0.2, 0.25) is 0 Å². The van der Waals surface area contributed by atoms with Crippen LogP contribution in [0.15, 0.2) is 53.4 Å². The van der Waals surface area contributed by atoms with Crippen molar-refractivity contribution in [1.29, 1.82) is 0 Å². The Morgan fingerprint density at radius 3 is 2.57 bits per heavy atom. The standard InChI is InChI=1S/C17H22N2OS/c1-13-7-3-6-10-17(13)21-12-15(19-18)11-14-8-4-5-9-16(14)20-2/h3-10,15,19H,11-12,18H2,1-2H3. The lowest BCUT2D eigenvalue weighted by molar-refractivity contribution is 0.406. The van der Waals surface area contributed by atoms with Gasteiger partial charge in [0.25, 0.3) is 0 Å². The van der Waals surface area contributed by atoms with Gasteiger partial charge in [0.1, 0.15) is 5.75 Å². The second-order valence-corrected chi connectivity index (χ2v) is 6.02. The van der Waals surface area contributed by atoms with Crippen LogP contribution in [-0.2, 0) is 6.42 Å². The second-order valence-electron chi connectivity index (χ2n) is 4.96. The van der Waals surface area contributed by atoms with E-state index in [2.05, 4.69) is 42.7 Å². The maximum atomic E-state index is 5.71. The van der Waals surface area contributed by atoms with Crippen molar-refractivity contribution in [2.75, 3.05) is 12.9 Å². The SMILES string of the molecule is COc1ccccc1CC(CSc1ccccc1C)NN. The summed E-state index contributed by atoms with van der Waals surface area (Å²) in [5, 5.41) is 0. The van der Waals surface area contributed by atoms with Crippen LogP contribution in [0.5, 0.6) is 5.75 Å². The van der Waals surface area contributed by atoms with E-state index in [9.17, 15) is 0 Å². The maximum absolute atomic E-state index is 5.71. The monoisotopic (exact) mass is 302 g/mol. The number of nitrogens with two attached hydrogens (primary N) is 1. The van der Waals surface area contributed by atoms with Gasteiger partial charge in [-0.05, 0) is 36.6 Å². The fourth-order valence-electron chi connectivity index (χ4n) is 2.21. The number of hydrogen-bond donors (Lipinski definition) is 2. The van der Waals surface area contributed by atoms with Crippen LogP contribution in [0.3, 0.4) is 0 Å². The number of hydrazine groups is 1. The molecule has 4 heteroatoms. The highest BCUT2D eigenvalue weighted by Crippen LogP contribution is 2.25. The Labute approximate surface area is 130 Å². The van der Waals surface area contributed by atoms with Crippen molar-refractivity contribution in [3.8, 4) is 5.75 Å². The summed E-state index contributed by atoms with van der Waals surface area (Å²) in [7, 11) is 1.70. The molecular formula is C17H22N2OS. The Morgan fingerprint density at radius 1 is 1.14 bits per heavy atom. The Hall–Kier alpha value is -1.49. The number of thioether (sulfide) groups is 1. The largest absolute Gasteiger partial charge is 0.496 e. The van der Waals surface area contributed by atoms with Gasteiger partial charge in [-0.3, -0.25) is 11.3 Å². The van der Waals surface area contributed by atoms with Crippen LogP contribution in [-0.4, -0.2) is 18.9 Å². The van der Waals surface area contributed by atoms with Crippen molar-refractivity contribution in [3.05, 3.63) is 59.7 Å². The number of para-hydroxylation sites is 1. The smallest absolute Gasteiger partial charge is 0.122 e. The third-order valence-corrected chi connectivity index (χ3v) is 4.77. The molecule has 0 bridgehead atoms. The highest BCUT2D eigenvalue weighted by atomic mass is 32.2. The van der Waals surface area contributed by atoms with Gasteiger partial charge in [-0.25, -0.2) is 0 Å². The van der Waals surface area contributed by atoms with E-state index in [1.54, 1.807) is 7.11 Å². The van der Waals surface area contributed by atoms with E-state index in [0.717, 1.165) is 17.9 Å². The van der Waals surface area contributed by atoms with E-state index in [0.29, 0.717) is 0 Å². The van der Waals surface area contributed by atoms with Crippen molar-refractivity contribution in [3.63, 3.8) is 0 Å². The molecule has 0 saturated carbocycles. The van der Waals surface area contributed by atoms with Gasteiger partial charge in [0, 0.05) is 16.7 Å². The van der Waals surface area contributed by atoms with E-state index in [1.165, 1.54) is 16.0 Å². The van der Waals surface area contributed by atoms with Gasteiger partial charge < -0.3 is 4.74 Å². The van der Waals surface area contributed by atoms with E-state index < -0.39 is 0 Å². The molecule has 112 valence electrons. The topological polar surface area (TPSA) is 47.3 Å². The molecule has 2 aromatic rings. The molecule has 1 atom stereocenters. The van der Waals surface area contributed by atoms with E-state index in [4.69, 9.17) is 10.6 Å². The summed E-state index contributed by atoms with van der Waals surface area (Å²) in [4.78, 5) is 1.30. The molecule has 0 heterocycles. The average molecular weight is 302 g/mol. The molecular weight excluding hydrogens is 280 g/mol. The second kappa shape index (κ2) is 8.08. The minimum absolute atomic E-state index is 0.200. The third-order valence-electron chi connectivity index (χ3n) is 3.43. The van der Waals surface area contributed by atoms with Gasteiger partial charge in [-0.2, -0.15) is 0 Å². The number of nitrogens with one attached hydrogen (secondary N) is 1. The molecule has 3 N–H and O–H groups in total. The first-order valence-corrected chi connectivity index (χ1v) is 7.99. The molecule has 2 aromatic carbocycles. The number of hydrogen-bond acceptors (Lipinski definition) is 4. The van der Waals surface area contributed by atoms with Gasteiger partial charge in [0.2, 0.25) is 0 Å². The molecule has 0 amide bonds. The van der Waals surface area contributed by atoms with Crippen LogP contribution in [0, 0.1) is 6.92 Å². The Morgan fingerprint density at radius 2 is 1.86 bits per heavy atom. The normalized spacial score (nSPS) is 12.1. The van der Waals surface area contributed by atoms with Gasteiger partial charge in [0.05, 0.1) is 7.11 Å². The minimum Gasteiger partial charge on any atom is -0.496 e. The molecule has 1 unspecified atom stereocenters. The molecule has 0 radical (unpaired) electrons. The minimum atomic E-state index is 0.200. The highest BCUT2D eigenvalue weighted by Gasteiger charge is 2.12. The van der Waals surface area contributed by atoms with E-state index >= 15 is 0 Å². The molecule has 2 rings (SSSR count). The zero-order chi connectivity index (χ0) is 15.1. The lowest BCUT2D eigenvalue weighted by Crippen LogP contribution is -2.38. The van der Waals surface area contributed by atoms with Crippen LogP contribution >= 0.6 is 11.8 Å². The van der Waals surface area contributed by atoms with Crippen molar-refractivity contribution in [2.24, 2.45) is 5.84 Å². The van der Waals surface area contributed by atoms with Crippen molar-refractivity contribution in [1.82, 2.24) is 5.43 Å². The fourth-order valence-corrected chi connectivity index (χ4v) is 3.28. The Balaban J connectivity index is 1.99. The van der Waals surface area contributed by atoms with Crippen LogP contribution in [0.4, 0.5) is 0 Å². The zero-order valence-corrected chi connectivity index (χ0v) is 13.3. The first-order valence-electron chi connectivity index (χ1n) is 7.01. The maximum Gasteiger partial charge on any atom is 0.122 e. The summed E-state index contributed by atoms with van der Waals surface area (Å²) in [5.41, 5.74) is 5.39. The number of aryl methyl sites for hydroxylation is 1. The molecule has 0 aliphatic rings. The molecule has 0 aliphatic heterocycles. The molecule has 3 nitrogen and oxygen atoms in total. The Kier molecular flexibility index (Phi) is 6.11. The lowest BCUT2D eigenvalue weighted by atomic mass is 10.1. The molecule has 21 heavy (non-hydrogen) atoms. The number of methoxy groups -OCH3 is 1. The molecule has 0 spiro atoms. The van der Waals surface area contributed by atoms with Crippen LogP contribution in [0.1, 0.15) is 11.1 Å². The number of benzene rings is 2. The summed E-state index contributed by atoms with van der Waals surface area (Å²) in [5.74, 6) is 7.54. The van der Waals surface area contributed by atoms with Gasteiger partial charge in [0.15, 0.2) is 0 Å². The van der Waals surface area contributed by atoms with Crippen LogP contribution < -0.4 is 16.0 Å². The first-order chi connectivity index (χ1) is 10.2. The van der Waals surface area contributed by atoms with E-state index in [-0.39, 0.29) is 6.04 Å². The molecule has 0 saturated heterocycles. The quantitative estimate of drug-likeness (QED) is 0.468. The summed E-state index contributed by atoms with van der Waals surface area (Å²) in [6, 6.07) is 16.7. The highest BCUT2D eigenvalue weighted by molar-refractivity contribution is 7.99. The molecule has 0 aromatic heterocycles. The third kappa shape index (κ3) is 4.49. The lowest BCUT2D eigenvalue weighted by Gasteiger charge is -2.17. The number of ether oxygens (including phenoxy) is 1. The summed E-state index contributed by atoms with van der Waals surface area (Å²) < 4.78 is 5.40. The fraction of sp³-hybridized carbons (Fsp3) is 0.294. The van der Waals surface area contributed by atoms with E-state index in [1.807, 2.05) is 30.0 Å². The van der Waals surface area contributed by atoms with Gasteiger partial charge >= 0.3 is 0 Å². The van der Waals surface area contributed by atoms with Crippen LogP contribution in [0.25, 0.3) is 0 Å². The average Bonchev–Trinajstić information content (AvgIpc) is 2.53. The summed E-state index contributed by atoms with van der Waals surface area (Å²) >= 11 is 1.83. The summed E-state index contributed by atoms with van der Waals surface area (Å²) in [6.07, 6.45) is 0.847. The predicted octanol–water partition coefficient (Wildman–Crippen LogP) is 3.17. The van der Waals surface area contributed by atoms with Crippen molar-refractivity contribution >= 4 is 11.8 Å². The van der Waals surface area contributed by atoms with Gasteiger partial charge in [-0.1, -0.05) is 36.4 Å². The Bertz CT molecular complexity index is 574. The van der Waals surface area contributed by atoms with Gasteiger partial charge in [-0.15, -0.1) is 11.8 Å².